The molecule has 1 atom stereocenters. The quantitative estimate of drug-likeness (QED) is 0.0261. The summed E-state index contributed by atoms with van der Waals surface area (Å²) in [6.07, 6.45) is 98.9. The monoisotopic (exact) mass is 1100 g/mol. The van der Waals surface area contributed by atoms with Crippen LogP contribution in [0.15, 0.2) is 182 Å². The molecule has 0 aromatic carbocycles. The molecular weight excluding hydrogens is 985 g/mol. The van der Waals surface area contributed by atoms with Gasteiger partial charge in [0.05, 0.1) is 0 Å². The molecule has 1 unspecified atom stereocenters. The highest BCUT2D eigenvalue weighted by Gasteiger charge is 2.19. The second kappa shape index (κ2) is 66.0. The van der Waals surface area contributed by atoms with Crippen LogP contribution in [0.1, 0.15) is 245 Å². The number of carbonyl (C=O) groups excluding carboxylic acids is 3. The van der Waals surface area contributed by atoms with Gasteiger partial charge < -0.3 is 14.2 Å². The Labute approximate surface area is 491 Å². The largest absolute Gasteiger partial charge is 0.462 e. The van der Waals surface area contributed by atoms with Crippen LogP contribution in [-0.4, -0.2) is 37.2 Å². The average molecular weight is 1100 g/mol. The average Bonchev–Trinajstić information content (AvgIpc) is 3.46. The van der Waals surface area contributed by atoms with Crippen molar-refractivity contribution in [3.8, 4) is 0 Å². The summed E-state index contributed by atoms with van der Waals surface area (Å²) >= 11 is 0. The van der Waals surface area contributed by atoms with Crippen molar-refractivity contribution in [2.45, 2.75) is 252 Å². The molecule has 0 heterocycles. The van der Waals surface area contributed by atoms with Crippen LogP contribution < -0.4 is 0 Å². The highest BCUT2D eigenvalue weighted by Crippen LogP contribution is 2.12. The van der Waals surface area contributed by atoms with Gasteiger partial charge in [0, 0.05) is 19.3 Å². The van der Waals surface area contributed by atoms with Crippen LogP contribution >= 0.6 is 0 Å². The molecule has 0 radical (unpaired) electrons. The van der Waals surface area contributed by atoms with Gasteiger partial charge >= 0.3 is 17.9 Å². The zero-order valence-corrected chi connectivity index (χ0v) is 51.0. The number of esters is 3. The summed E-state index contributed by atoms with van der Waals surface area (Å²) in [6.45, 7) is 6.31. The van der Waals surface area contributed by atoms with Crippen LogP contribution in [-0.2, 0) is 28.6 Å². The van der Waals surface area contributed by atoms with Crippen molar-refractivity contribution in [3.05, 3.63) is 182 Å². The molecule has 0 aromatic rings. The smallest absolute Gasteiger partial charge is 0.306 e. The fourth-order valence-corrected chi connectivity index (χ4v) is 7.92. The van der Waals surface area contributed by atoms with E-state index in [1.165, 1.54) is 32.1 Å². The van der Waals surface area contributed by atoms with Crippen molar-refractivity contribution in [2.75, 3.05) is 13.2 Å². The lowest BCUT2D eigenvalue weighted by atomic mass is 10.1. The number of hydrogen-bond donors (Lipinski definition) is 0. The zero-order chi connectivity index (χ0) is 57.8. The molecule has 0 aliphatic heterocycles. The summed E-state index contributed by atoms with van der Waals surface area (Å²) in [6, 6.07) is 0. The molecule has 0 aliphatic rings. The van der Waals surface area contributed by atoms with Gasteiger partial charge in [-0.15, -0.1) is 0 Å². The van der Waals surface area contributed by atoms with E-state index in [1.807, 2.05) is 0 Å². The van der Waals surface area contributed by atoms with Crippen LogP contribution in [0.5, 0.6) is 0 Å². The minimum Gasteiger partial charge on any atom is -0.462 e. The summed E-state index contributed by atoms with van der Waals surface area (Å²) in [5.74, 6) is -1.00. The van der Waals surface area contributed by atoms with Crippen LogP contribution in [0.25, 0.3) is 0 Å². The molecule has 0 amide bonds. The van der Waals surface area contributed by atoms with Crippen LogP contribution in [0.3, 0.4) is 0 Å². The summed E-state index contributed by atoms with van der Waals surface area (Å²) in [5, 5.41) is 0. The van der Waals surface area contributed by atoms with Crippen LogP contribution in [0.4, 0.5) is 0 Å². The molecule has 0 saturated carbocycles. The summed E-state index contributed by atoms with van der Waals surface area (Å²) in [4.78, 5) is 38.3. The first-order chi connectivity index (χ1) is 39.5. The fraction of sp³-hybridized carbons (Fsp3) is 0.554. The number of unbranched alkanes of at least 4 members (excludes halogenated alkanes) is 14. The molecule has 0 spiro atoms. The molecule has 446 valence electrons. The molecule has 0 aliphatic carbocycles. The Morgan fingerprint density at radius 2 is 0.487 bits per heavy atom. The lowest BCUT2D eigenvalue weighted by molar-refractivity contribution is -0.167. The Morgan fingerprint density at radius 3 is 0.800 bits per heavy atom. The van der Waals surface area contributed by atoms with Crippen molar-refractivity contribution in [1.29, 1.82) is 0 Å². The number of carbonyl (C=O) groups is 3. The standard InChI is InChI=1S/C74H114O6/c1-4-7-10-13-16-19-22-25-27-29-31-33-34-35-36-37-38-39-40-42-43-45-47-49-52-55-58-61-64-67-73(76)79-70-71(69-78-72(75)66-63-60-57-54-51-24-21-18-15-12-9-6-3)80-74(77)68-65-62-59-56-53-50-48-46-44-41-32-30-28-26-23-20-17-14-11-8-5-2/h7-8,10-11,16-21,25-28,31-33,35-36,38-39,41-43,46-49,53,56,71H,4-6,9,12-15,22-24,29-30,34,37,40,44-45,50-52,54-55,57-70H2,1-3H3/b10-7-,11-8-,19-16-,20-17-,21-18-,27-25-,28-26-,33-31-,36-35-,39-38-,41-32-,43-42-,48-46-,49-47-,56-53-. The van der Waals surface area contributed by atoms with E-state index in [0.29, 0.717) is 19.3 Å². The molecule has 0 rings (SSSR count). The third-order valence-electron chi connectivity index (χ3n) is 12.6. The predicted octanol–water partition coefficient (Wildman–Crippen LogP) is 22.0. The topological polar surface area (TPSA) is 78.9 Å². The van der Waals surface area contributed by atoms with Crippen LogP contribution in [0, 0.1) is 0 Å². The molecule has 0 saturated heterocycles. The van der Waals surface area contributed by atoms with E-state index >= 15 is 0 Å². The van der Waals surface area contributed by atoms with E-state index < -0.39 is 6.10 Å². The minimum absolute atomic E-state index is 0.117. The Balaban J connectivity index is 4.48. The molecule has 80 heavy (non-hydrogen) atoms. The van der Waals surface area contributed by atoms with E-state index in [9.17, 15) is 14.4 Å². The zero-order valence-electron chi connectivity index (χ0n) is 51.0. The van der Waals surface area contributed by atoms with Crippen molar-refractivity contribution < 1.29 is 28.6 Å². The number of allylic oxidation sites excluding steroid dienone is 30. The van der Waals surface area contributed by atoms with E-state index in [1.54, 1.807) is 0 Å². The number of hydrogen-bond acceptors (Lipinski definition) is 6. The molecule has 0 aromatic heterocycles. The third kappa shape index (κ3) is 63.3. The molecule has 6 nitrogen and oxygen atoms in total. The van der Waals surface area contributed by atoms with E-state index in [0.717, 1.165) is 167 Å². The van der Waals surface area contributed by atoms with Crippen LogP contribution in [0.2, 0.25) is 0 Å². The van der Waals surface area contributed by atoms with Gasteiger partial charge in [0.1, 0.15) is 13.2 Å². The van der Waals surface area contributed by atoms with E-state index in [4.69, 9.17) is 14.2 Å². The van der Waals surface area contributed by atoms with E-state index in [-0.39, 0.29) is 37.5 Å². The molecule has 0 fully saturated rings. The normalized spacial score (nSPS) is 13.4. The third-order valence-corrected chi connectivity index (χ3v) is 12.6. The number of rotatable bonds is 55. The van der Waals surface area contributed by atoms with Gasteiger partial charge in [-0.05, 0) is 161 Å². The van der Waals surface area contributed by atoms with Crippen molar-refractivity contribution in [2.24, 2.45) is 0 Å². The van der Waals surface area contributed by atoms with Gasteiger partial charge in [-0.2, -0.15) is 0 Å². The highest BCUT2D eigenvalue weighted by molar-refractivity contribution is 5.71. The lowest BCUT2D eigenvalue weighted by Gasteiger charge is -2.18. The molecule has 0 bridgehead atoms. The maximum Gasteiger partial charge on any atom is 0.306 e. The van der Waals surface area contributed by atoms with Crippen molar-refractivity contribution in [1.82, 2.24) is 0 Å². The SMILES string of the molecule is CC/C=C\C/C=C\C/C=C\C/C=C\C/C=C\C/C=C\C/C=C\C/C=C\CCCCCCC(=O)OCC(COC(=O)CCCCCCC/C=C\CCCCC)OC(=O)CCCC/C=C\C/C=C\C/C=C\C/C=C\C/C=C\C/C=C\CC. The summed E-state index contributed by atoms with van der Waals surface area (Å²) < 4.78 is 16.8. The minimum atomic E-state index is -0.827. The van der Waals surface area contributed by atoms with Gasteiger partial charge in [-0.3, -0.25) is 14.4 Å². The molecule has 0 N–H and O–H groups in total. The van der Waals surface area contributed by atoms with Gasteiger partial charge in [0.15, 0.2) is 6.10 Å². The highest BCUT2D eigenvalue weighted by atomic mass is 16.6. The van der Waals surface area contributed by atoms with Gasteiger partial charge in [-0.25, -0.2) is 0 Å². The van der Waals surface area contributed by atoms with E-state index in [2.05, 4.69) is 203 Å². The number of ether oxygens (including phenoxy) is 3. The first-order valence-electron chi connectivity index (χ1n) is 31.8. The van der Waals surface area contributed by atoms with Gasteiger partial charge in [-0.1, -0.05) is 248 Å². The Kier molecular flexibility index (Phi) is 61.5. The summed E-state index contributed by atoms with van der Waals surface area (Å²) in [7, 11) is 0. The Morgan fingerprint density at radius 1 is 0.263 bits per heavy atom. The molecule has 6 heteroatoms. The lowest BCUT2D eigenvalue weighted by Crippen LogP contribution is -2.30. The van der Waals surface area contributed by atoms with Crippen molar-refractivity contribution in [3.63, 3.8) is 0 Å². The van der Waals surface area contributed by atoms with Crippen molar-refractivity contribution >= 4 is 17.9 Å². The Hall–Kier alpha value is -5.49. The Bertz CT molecular complexity index is 1890. The fourth-order valence-electron chi connectivity index (χ4n) is 7.92. The first kappa shape index (κ1) is 74.5. The second-order valence-electron chi connectivity index (χ2n) is 20.2. The maximum atomic E-state index is 12.9. The van der Waals surface area contributed by atoms with Gasteiger partial charge in [0.2, 0.25) is 0 Å². The predicted molar refractivity (Wildman–Crippen MR) is 348 cm³/mol. The van der Waals surface area contributed by atoms with Gasteiger partial charge in [0.25, 0.3) is 0 Å². The maximum absolute atomic E-state index is 12.9. The molecular formula is C74H114O6. The summed E-state index contributed by atoms with van der Waals surface area (Å²) in [5.41, 5.74) is 0. The second-order valence-corrected chi connectivity index (χ2v) is 20.2. The first-order valence-corrected chi connectivity index (χ1v) is 31.8.